The van der Waals surface area contributed by atoms with Crippen molar-refractivity contribution in [2.24, 2.45) is 5.73 Å². The number of hydrogen-bond donors (Lipinski definition) is 2. The number of carbonyl (C=O) groups excluding carboxylic acids is 1. The van der Waals surface area contributed by atoms with Gasteiger partial charge in [-0.3, -0.25) is 4.79 Å². The maximum absolute atomic E-state index is 13.6. The van der Waals surface area contributed by atoms with E-state index in [1.807, 2.05) is 0 Å². The highest BCUT2D eigenvalue weighted by atomic mass is 19.3. The van der Waals surface area contributed by atoms with Crippen LogP contribution in [0.5, 0.6) is 5.75 Å². The predicted octanol–water partition coefficient (Wildman–Crippen LogP) is 3.46. The van der Waals surface area contributed by atoms with Gasteiger partial charge in [-0.25, -0.2) is 19.5 Å². The minimum atomic E-state index is -3.15. The monoisotopic (exact) mass is 550 g/mol. The SMILES string of the molecule is [2H]C([2H])([2H])N1C(=O)c2cccc(OC(F)F)c2[C@H]2C[C@@H]1c1nn3cnc(-c4cnc(C5(N)CC(C)(O)C5)nc4C)cc3c12. The molecule has 1 fully saturated rings. The second-order valence-corrected chi connectivity index (χ2v) is 11.2. The Kier molecular flexibility index (Phi) is 4.48. The van der Waals surface area contributed by atoms with Crippen LogP contribution in [0.25, 0.3) is 16.8 Å². The maximum Gasteiger partial charge on any atom is 0.387 e. The Morgan fingerprint density at radius 3 is 2.75 bits per heavy atom. The molecule has 1 saturated carbocycles. The summed E-state index contributed by atoms with van der Waals surface area (Å²) in [6.45, 7) is -2.45. The smallest absolute Gasteiger partial charge is 0.387 e. The molecular formula is C28H27F2N7O3. The Morgan fingerprint density at radius 1 is 1.25 bits per heavy atom. The van der Waals surface area contributed by atoms with E-state index in [0.29, 0.717) is 52.4 Å². The normalized spacial score (nSPS) is 28.4. The molecule has 0 spiro atoms. The summed E-state index contributed by atoms with van der Waals surface area (Å²) < 4.78 is 57.8. The first-order chi connectivity index (χ1) is 20.2. The van der Waals surface area contributed by atoms with Crippen LogP contribution in [-0.4, -0.2) is 59.7 Å². The zero-order valence-electron chi connectivity index (χ0n) is 24.6. The van der Waals surface area contributed by atoms with E-state index in [4.69, 9.17) is 14.6 Å². The van der Waals surface area contributed by atoms with Crippen LogP contribution in [-0.2, 0) is 5.54 Å². The molecule has 1 aromatic carbocycles. The molecule has 0 radical (unpaired) electrons. The highest BCUT2D eigenvalue weighted by Crippen LogP contribution is 2.53. The summed E-state index contributed by atoms with van der Waals surface area (Å²) in [5.74, 6) is -1.22. The van der Waals surface area contributed by atoms with Crippen molar-refractivity contribution in [2.75, 3.05) is 6.98 Å². The standard InChI is InChI=1S/C28H27F2N7O3/c1-13-16(9-32-25(34-13)28(31)10-27(2,39)11-28)17-8-18-22-15-7-19(23(22)35-37(18)12-33-17)36(3)24(38)14-5-4-6-20(21(14)15)40-26(29)30/h4-6,8-9,12,15,19,26,39H,7,10-11,31H2,1-3H3/t15-,19-,27?,28?/m1/s1/i3D3. The van der Waals surface area contributed by atoms with Gasteiger partial charge in [-0.2, -0.15) is 13.9 Å². The highest BCUT2D eigenvalue weighted by molar-refractivity contribution is 5.98. The summed E-state index contributed by atoms with van der Waals surface area (Å²) in [6, 6.07) is 5.01. The Morgan fingerprint density at radius 2 is 2.05 bits per heavy atom. The first-order valence-electron chi connectivity index (χ1n) is 14.3. The van der Waals surface area contributed by atoms with Gasteiger partial charge in [0.25, 0.3) is 5.91 Å². The van der Waals surface area contributed by atoms with Crippen molar-refractivity contribution in [2.45, 2.75) is 62.8 Å². The van der Waals surface area contributed by atoms with Gasteiger partial charge < -0.3 is 20.5 Å². The molecule has 0 saturated heterocycles. The number of fused-ring (bicyclic) bond motifs is 9. The third-order valence-electron chi connectivity index (χ3n) is 8.20. The van der Waals surface area contributed by atoms with E-state index in [9.17, 15) is 18.7 Å². The lowest BCUT2D eigenvalue weighted by Crippen LogP contribution is -2.59. The molecule has 2 bridgehead atoms. The van der Waals surface area contributed by atoms with E-state index >= 15 is 0 Å². The van der Waals surface area contributed by atoms with Gasteiger partial charge in [-0.05, 0) is 38.5 Å². The molecule has 4 aromatic rings. The number of alkyl halides is 2. The van der Waals surface area contributed by atoms with E-state index in [2.05, 4.69) is 20.1 Å². The number of benzene rings is 1. The summed E-state index contributed by atoms with van der Waals surface area (Å²) in [4.78, 5) is 28.1. The third kappa shape index (κ3) is 3.55. The second kappa shape index (κ2) is 8.24. The van der Waals surface area contributed by atoms with Crippen molar-refractivity contribution < 1.29 is 27.5 Å². The minimum Gasteiger partial charge on any atom is -0.434 e. The molecule has 12 heteroatoms. The molecule has 3 N–H and O–H groups in total. The Bertz CT molecular complexity index is 1820. The van der Waals surface area contributed by atoms with Gasteiger partial charge in [0.2, 0.25) is 0 Å². The van der Waals surface area contributed by atoms with E-state index in [0.717, 1.165) is 4.90 Å². The van der Waals surface area contributed by atoms with Crippen molar-refractivity contribution in [1.29, 1.82) is 0 Å². The fraction of sp³-hybridized carbons (Fsp3) is 0.393. The predicted molar refractivity (Wildman–Crippen MR) is 139 cm³/mol. The van der Waals surface area contributed by atoms with Crippen molar-refractivity contribution in [3.8, 4) is 17.0 Å². The van der Waals surface area contributed by atoms with Gasteiger partial charge in [0, 0.05) is 58.3 Å². The maximum atomic E-state index is 13.6. The molecule has 2 aliphatic carbocycles. The topological polar surface area (TPSA) is 132 Å². The van der Waals surface area contributed by atoms with E-state index in [1.165, 1.54) is 29.0 Å². The van der Waals surface area contributed by atoms with Gasteiger partial charge in [0.05, 0.1) is 39.8 Å². The van der Waals surface area contributed by atoms with E-state index in [-0.39, 0.29) is 23.3 Å². The number of aryl methyl sites for hydroxylation is 1. The lowest BCUT2D eigenvalue weighted by molar-refractivity contribution is -0.0770. The van der Waals surface area contributed by atoms with Crippen LogP contribution in [0.2, 0.25) is 0 Å². The highest BCUT2D eigenvalue weighted by Gasteiger charge is 2.51. The van der Waals surface area contributed by atoms with Crippen molar-refractivity contribution in [3.05, 3.63) is 70.7 Å². The first kappa shape index (κ1) is 21.8. The number of halogens is 2. The number of nitrogens with two attached hydrogens (primary N) is 1. The van der Waals surface area contributed by atoms with Crippen molar-refractivity contribution >= 4 is 11.4 Å². The second-order valence-electron chi connectivity index (χ2n) is 11.2. The molecule has 206 valence electrons. The van der Waals surface area contributed by atoms with Gasteiger partial charge in [0.15, 0.2) is 0 Å². The Labute approximate surface area is 232 Å². The Balaban J connectivity index is 1.38. The molecule has 4 heterocycles. The summed E-state index contributed by atoms with van der Waals surface area (Å²) in [7, 11) is 0. The van der Waals surface area contributed by atoms with Gasteiger partial charge in [0.1, 0.15) is 17.9 Å². The largest absolute Gasteiger partial charge is 0.434 e. The van der Waals surface area contributed by atoms with E-state index in [1.54, 1.807) is 26.1 Å². The number of aliphatic hydroxyl groups is 1. The molecule has 2 atom stereocenters. The minimum absolute atomic E-state index is 0.00780. The van der Waals surface area contributed by atoms with Crippen LogP contribution < -0.4 is 10.5 Å². The molecule has 1 amide bonds. The average Bonchev–Trinajstić information content (AvgIpc) is 3.39. The van der Waals surface area contributed by atoms with Crippen LogP contribution in [0.15, 0.2) is 36.8 Å². The molecule has 3 aromatic heterocycles. The molecule has 7 rings (SSSR count). The summed E-state index contributed by atoms with van der Waals surface area (Å²) in [5, 5.41) is 14.8. The number of rotatable bonds is 4. The van der Waals surface area contributed by atoms with Crippen LogP contribution in [0.1, 0.15) is 81.0 Å². The number of amides is 1. The number of aromatic nitrogens is 5. The molecule has 0 unspecified atom stereocenters. The first-order valence-corrected chi connectivity index (χ1v) is 12.8. The van der Waals surface area contributed by atoms with Crippen molar-refractivity contribution in [1.82, 2.24) is 29.5 Å². The summed E-state index contributed by atoms with van der Waals surface area (Å²) in [6.07, 6.45) is 3.90. The molecule has 3 aliphatic rings. The van der Waals surface area contributed by atoms with Gasteiger partial charge in [-0.15, -0.1) is 0 Å². The lowest BCUT2D eigenvalue weighted by atomic mass is 9.66. The number of ether oxygens (including phenoxy) is 1. The van der Waals surface area contributed by atoms with Crippen LogP contribution in [0.4, 0.5) is 8.78 Å². The van der Waals surface area contributed by atoms with Crippen LogP contribution in [0.3, 0.4) is 0 Å². The molecular weight excluding hydrogens is 520 g/mol. The number of nitrogens with zero attached hydrogens (tertiary/aromatic N) is 6. The zero-order valence-corrected chi connectivity index (χ0v) is 21.6. The molecule has 1 aliphatic heterocycles. The summed E-state index contributed by atoms with van der Waals surface area (Å²) in [5.41, 5.74) is 8.21. The number of carbonyl (C=O) groups is 1. The average molecular weight is 551 g/mol. The van der Waals surface area contributed by atoms with Gasteiger partial charge >= 0.3 is 6.61 Å². The van der Waals surface area contributed by atoms with E-state index < -0.39 is 42.6 Å². The zero-order chi connectivity index (χ0) is 30.6. The molecule has 10 nitrogen and oxygen atoms in total. The lowest BCUT2D eigenvalue weighted by Gasteiger charge is -2.48. The fourth-order valence-corrected chi connectivity index (χ4v) is 6.67. The van der Waals surface area contributed by atoms with Gasteiger partial charge in [-0.1, -0.05) is 6.07 Å². The van der Waals surface area contributed by atoms with Crippen LogP contribution >= 0.6 is 0 Å². The third-order valence-corrected chi connectivity index (χ3v) is 8.20. The quantitative estimate of drug-likeness (QED) is 0.395. The Hall–Kier alpha value is -4.03. The van der Waals surface area contributed by atoms with Crippen molar-refractivity contribution in [3.63, 3.8) is 0 Å². The summed E-state index contributed by atoms with van der Waals surface area (Å²) >= 11 is 0. The number of hydrogen-bond acceptors (Lipinski definition) is 8. The fourth-order valence-electron chi connectivity index (χ4n) is 6.67. The molecule has 40 heavy (non-hydrogen) atoms. The van der Waals surface area contributed by atoms with Crippen LogP contribution in [0, 0.1) is 6.92 Å².